The summed E-state index contributed by atoms with van der Waals surface area (Å²) in [4.78, 5) is 14.5. The van der Waals surface area contributed by atoms with Crippen LogP contribution in [0.1, 0.15) is 18.4 Å². The van der Waals surface area contributed by atoms with Gasteiger partial charge in [-0.05, 0) is 48.4 Å². The van der Waals surface area contributed by atoms with E-state index in [0.717, 1.165) is 48.0 Å². The molecule has 2 aromatic carbocycles. The zero-order valence-electron chi connectivity index (χ0n) is 13.8. The summed E-state index contributed by atoms with van der Waals surface area (Å²) in [6.07, 6.45) is 2.56. The summed E-state index contributed by atoms with van der Waals surface area (Å²) >= 11 is 0. The lowest BCUT2D eigenvalue weighted by Gasteiger charge is -2.32. The lowest BCUT2D eigenvalue weighted by atomic mass is 10.0. The molecule has 4 nitrogen and oxygen atoms in total. The summed E-state index contributed by atoms with van der Waals surface area (Å²) < 4.78 is 5.25. The van der Waals surface area contributed by atoms with Gasteiger partial charge in [0, 0.05) is 19.1 Å². The average molecular weight is 312 g/mol. The number of fused-ring (bicyclic) bond motifs is 1. The van der Waals surface area contributed by atoms with E-state index in [1.807, 2.05) is 36.2 Å². The highest BCUT2D eigenvalue weighted by Crippen LogP contribution is 2.22. The van der Waals surface area contributed by atoms with Crippen molar-refractivity contribution in [2.24, 2.45) is 0 Å². The van der Waals surface area contributed by atoms with Crippen molar-refractivity contribution in [2.75, 3.05) is 27.2 Å². The van der Waals surface area contributed by atoms with Gasteiger partial charge in [0.05, 0.1) is 13.5 Å². The average Bonchev–Trinajstić information content (AvgIpc) is 2.61. The first kappa shape index (κ1) is 15.8. The minimum atomic E-state index is 0.229. The molecule has 1 aliphatic heterocycles. The number of nitrogens with one attached hydrogen (secondary N) is 1. The summed E-state index contributed by atoms with van der Waals surface area (Å²) in [6, 6.07) is 12.8. The standard InChI is InChI=1S/C19H24N2O2/c1-20-17-7-9-21(10-8-17)19(22)12-14-3-4-16-13-18(23-2)6-5-15(16)11-14/h3-6,11,13,17,20H,7-10,12H2,1-2H3. The fourth-order valence-electron chi connectivity index (χ4n) is 3.21. The number of ether oxygens (including phenoxy) is 1. The van der Waals surface area contributed by atoms with E-state index < -0.39 is 0 Å². The van der Waals surface area contributed by atoms with Gasteiger partial charge >= 0.3 is 0 Å². The first-order valence-electron chi connectivity index (χ1n) is 8.21. The number of hydrogen-bond donors (Lipinski definition) is 1. The van der Waals surface area contributed by atoms with Crippen LogP contribution in [0.2, 0.25) is 0 Å². The van der Waals surface area contributed by atoms with E-state index in [1.165, 1.54) is 0 Å². The second-order valence-corrected chi connectivity index (χ2v) is 6.17. The molecule has 1 saturated heterocycles. The molecule has 1 aliphatic rings. The molecule has 0 atom stereocenters. The molecular formula is C19H24N2O2. The van der Waals surface area contributed by atoms with Gasteiger partial charge in [-0.3, -0.25) is 4.79 Å². The highest BCUT2D eigenvalue weighted by Gasteiger charge is 2.21. The lowest BCUT2D eigenvalue weighted by molar-refractivity contribution is -0.131. The Morgan fingerprint density at radius 2 is 1.87 bits per heavy atom. The largest absolute Gasteiger partial charge is 0.497 e. The van der Waals surface area contributed by atoms with E-state index in [9.17, 15) is 4.79 Å². The molecule has 0 saturated carbocycles. The Hall–Kier alpha value is -2.07. The Balaban J connectivity index is 1.68. The molecule has 1 amide bonds. The van der Waals surface area contributed by atoms with E-state index in [2.05, 4.69) is 17.4 Å². The van der Waals surface area contributed by atoms with Gasteiger partial charge in [-0.25, -0.2) is 0 Å². The lowest BCUT2D eigenvalue weighted by Crippen LogP contribution is -2.44. The maximum Gasteiger partial charge on any atom is 0.226 e. The number of benzene rings is 2. The number of methoxy groups -OCH3 is 1. The van der Waals surface area contributed by atoms with Crippen LogP contribution in [0.25, 0.3) is 10.8 Å². The summed E-state index contributed by atoms with van der Waals surface area (Å²) in [6.45, 7) is 1.71. The van der Waals surface area contributed by atoms with Crippen molar-refractivity contribution < 1.29 is 9.53 Å². The summed E-state index contributed by atoms with van der Waals surface area (Å²) in [5.74, 6) is 1.08. The minimum absolute atomic E-state index is 0.229. The zero-order valence-corrected chi connectivity index (χ0v) is 13.8. The molecule has 0 aromatic heterocycles. The number of amides is 1. The molecule has 122 valence electrons. The van der Waals surface area contributed by atoms with Crippen molar-refractivity contribution in [2.45, 2.75) is 25.3 Å². The first-order chi connectivity index (χ1) is 11.2. The molecule has 0 radical (unpaired) electrons. The van der Waals surface area contributed by atoms with Gasteiger partial charge in [-0.2, -0.15) is 0 Å². The molecule has 4 heteroatoms. The Labute approximate surface area is 137 Å². The third kappa shape index (κ3) is 3.64. The SMILES string of the molecule is CNC1CCN(C(=O)Cc2ccc3cc(OC)ccc3c2)CC1. The van der Waals surface area contributed by atoms with E-state index in [4.69, 9.17) is 4.74 Å². The van der Waals surface area contributed by atoms with Gasteiger partial charge in [0.1, 0.15) is 5.75 Å². The fourth-order valence-corrected chi connectivity index (χ4v) is 3.21. The number of piperidine rings is 1. The third-order valence-electron chi connectivity index (χ3n) is 4.72. The van der Waals surface area contributed by atoms with Crippen molar-refractivity contribution in [1.29, 1.82) is 0 Å². The van der Waals surface area contributed by atoms with Crippen LogP contribution in [0, 0.1) is 0 Å². The van der Waals surface area contributed by atoms with Crippen LogP contribution in [-0.4, -0.2) is 44.1 Å². The number of nitrogens with zero attached hydrogens (tertiary/aromatic N) is 1. The molecule has 3 rings (SSSR count). The number of likely N-dealkylation sites (tertiary alicyclic amines) is 1. The quantitative estimate of drug-likeness (QED) is 0.943. The van der Waals surface area contributed by atoms with E-state index >= 15 is 0 Å². The van der Waals surface area contributed by atoms with Gasteiger partial charge in [0.15, 0.2) is 0 Å². The second kappa shape index (κ2) is 7.01. The van der Waals surface area contributed by atoms with Crippen molar-refractivity contribution in [3.8, 4) is 5.75 Å². The monoisotopic (exact) mass is 312 g/mol. The van der Waals surface area contributed by atoms with E-state index in [1.54, 1.807) is 7.11 Å². The predicted molar refractivity (Wildman–Crippen MR) is 92.9 cm³/mol. The number of carbonyl (C=O) groups excluding carboxylic acids is 1. The zero-order chi connectivity index (χ0) is 16.2. The molecule has 0 bridgehead atoms. The molecule has 1 N–H and O–H groups in total. The Bertz CT molecular complexity index is 691. The van der Waals surface area contributed by atoms with E-state index in [-0.39, 0.29) is 5.91 Å². The van der Waals surface area contributed by atoms with Gasteiger partial charge in [-0.1, -0.05) is 24.3 Å². The van der Waals surface area contributed by atoms with Gasteiger partial charge < -0.3 is 15.0 Å². The molecule has 1 heterocycles. The van der Waals surface area contributed by atoms with Crippen LogP contribution in [0.4, 0.5) is 0 Å². The smallest absolute Gasteiger partial charge is 0.226 e. The van der Waals surface area contributed by atoms with Gasteiger partial charge in [0.2, 0.25) is 5.91 Å². The van der Waals surface area contributed by atoms with Crippen molar-refractivity contribution >= 4 is 16.7 Å². The summed E-state index contributed by atoms with van der Waals surface area (Å²) in [5, 5.41) is 5.57. The van der Waals surface area contributed by atoms with Crippen LogP contribution in [0.5, 0.6) is 5.75 Å². The Morgan fingerprint density at radius 3 is 2.57 bits per heavy atom. The van der Waals surface area contributed by atoms with Crippen molar-refractivity contribution in [3.63, 3.8) is 0 Å². The normalized spacial score (nSPS) is 15.8. The van der Waals surface area contributed by atoms with Crippen LogP contribution >= 0.6 is 0 Å². The second-order valence-electron chi connectivity index (χ2n) is 6.17. The molecule has 2 aromatic rings. The van der Waals surface area contributed by atoms with Crippen LogP contribution < -0.4 is 10.1 Å². The number of rotatable bonds is 4. The van der Waals surface area contributed by atoms with Crippen LogP contribution in [0.3, 0.4) is 0 Å². The Kier molecular flexibility index (Phi) is 4.82. The first-order valence-corrected chi connectivity index (χ1v) is 8.21. The maximum absolute atomic E-state index is 12.5. The summed E-state index contributed by atoms with van der Waals surface area (Å²) in [5.41, 5.74) is 1.07. The predicted octanol–water partition coefficient (Wildman–Crippen LogP) is 2.60. The highest BCUT2D eigenvalue weighted by molar-refractivity contribution is 5.86. The van der Waals surface area contributed by atoms with E-state index in [0.29, 0.717) is 12.5 Å². The topological polar surface area (TPSA) is 41.6 Å². The van der Waals surface area contributed by atoms with Crippen LogP contribution in [0.15, 0.2) is 36.4 Å². The third-order valence-corrected chi connectivity index (χ3v) is 4.72. The molecular weight excluding hydrogens is 288 g/mol. The Morgan fingerprint density at radius 1 is 1.17 bits per heavy atom. The molecule has 23 heavy (non-hydrogen) atoms. The molecule has 0 spiro atoms. The van der Waals surface area contributed by atoms with Gasteiger partial charge in [-0.15, -0.1) is 0 Å². The van der Waals surface area contributed by atoms with Crippen molar-refractivity contribution in [3.05, 3.63) is 42.0 Å². The van der Waals surface area contributed by atoms with Gasteiger partial charge in [0.25, 0.3) is 0 Å². The molecule has 0 unspecified atom stereocenters. The maximum atomic E-state index is 12.5. The molecule has 1 fully saturated rings. The highest BCUT2D eigenvalue weighted by atomic mass is 16.5. The minimum Gasteiger partial charge on any atom is -0.497 e. The number of carbonyl (C=O) groups is 1. The fraction of sp³-hybridized carbons (Fsp3) is 0.421. The van der Waals surface area contributed by atoms with Crippen molar-refractivity contribution in [1.82, 2.24) is 10.2 Å². The van der Waals surface area contributed by atoms with Crippen LogP contribution in [-0.2, 0) is 11.2 Å². The number of hydrogen-bond acceptors (Lipinski definition) is 3. The summed E-state index contributed by atoms with van der Waals surface area (Å²) in [7, 11) is 3.66. The molecule has 0 aliphatic carbocycles.